The van der Waals surface area contributed by atoms with E-state index in [1.165, 1.54) is 55.9 Å². The molecule has 2 amide bonds. The number of benzene rings is 1. The molecule has 3 fully saturated rings. The zero-order valence-electron chi connectivity index (χ0n) is 22.0. The van der Waals surface area contributed by atoms with Crippen molar-refractivity contribution in [3.63, 3.8) is 0 Å². The van der Waals surface area contributed by atoms with Gasteiger partial charge in [0.2, 0.25) is 0 Å². The minimum atomic E-state index is -3.89. The Bertz CT molecular complexity index is 1190. The minimum Gasteiger partial charge on any atom is -0.465 e. The van der Waals surface area contributed by atoms with Gasteiger partial charge in [0, 0.05) is 39.8 Å². The largest absolute Gasteiger partial charge is 0.465 e. The Morgan fingerprint density at radius 1 is 0.974 bits per heavy atom. The van der Waals surface area contributed by atoms with Crippen LogP contribution in [0.1, 0.15) is 60.6 Å². The molecule has 0 bridgehead atoms. The SMILES string of the molecule is C1CCCC1.Cn1c(C(=O)N2CC3CN(CCC(NC(=O)O)c4ccccc4)C[C@H]3C2)ccc1S(N)(=O)=O. The van der Waals surface area contributed by atoms with Crippen molar-refractivity contribution < 1.29 is 23.1 Å². The lowest BCUT2D eigenvalue weighted by Gasteiger charge is -2.24. The molecule has 0 spiro atoms. The molecule has 1 aliphatic carbocycles. The van der Waals surface area contributed by atoms with Crippen molar-refractivity contribution in [2.24, 2.45) is 24.0 Å². The summed E-state index contributed by atoms with van der Waals surface area (Å²) < 4.78 is 24.6. The fourth-order valence-corrected chi connectivity index (χ4v) is 6.68. The van der Waals surface area contributed by atoms with E-state index in [1.54, 1.807) is 4.90 Å². The van der Waals surface area contributed by atoms with Gasteiger partial charge in [0.15, 0.2) is 5.03 Å². The molecule has 2 aliphatic heterocycles. The fraction of sp³-hybridized carbons (Fsp3) is 0.556. The van der Waals surface area contributed by atoms with Gasteiger partial charge in [-0.3, -0.25) is 4.79 Å². The summed E-state index contributed by atoms with van der Waals surface area (Å²) in [7, 11) is -2.36. The highest BCUT2D eigenvalue weighted by Crippen LogP contribution is 2.33. The van der Waals surface area contributed by atoms with Crippen molar-refractivity contribution in [2.75, 3.05) is 32.7 Å². The highest BCUT2D eigenvalue weighted by Gasteiger charge is 2.42. The first-order valence-corrected chi connectivity index (χ1v) is 14.9. The summed E-state index contributed by atoms with van der Waals surface area (Å²) in [6.07, 6.45) is 7.13. The number of likely N-dealkylation sites (tertiary alicyclic amines) is 2. The molecule has 208 valence electrons. The Labute approximate surface area is 224 Å². The zero-order chi connectivity index (χ0) is 27.3. The maximum absolute atomic E-state index is 13.0. The lowest BCUT2D eigenvalue weighted by atomic mass is 10.0. The number of carbonyl (C=O) groups excluding carboxylic acids is 1. The van der Waals surface area contributed by atoms with E-state index >= 15 is 0 Å². The third-order valence-corrected chi connectivity index (χ3v) is 8.91. The maximum Gasteiger partial charge on any atom is 0.405 e. The monoisotopic (exact) mass is 545 g/mol. The van der Waals surface area contributed by atoms with E-state index in [9.17, 15) is 23.1 Å². The number of aromatic nitrogens is 1. The Hall–Kier alpha value is -2.89. The molecule has 4 N–H and O–H groups in total. The van der Waals surface area contributed by atoms with Gasteiger partial charge in [0.25, 0.3) is 15.9 Å². The van der Waals surface area contributed by atoms with Gasteiger partial charge < -0.3 is 24.8 Å². The van der Waals surface area contributed by atoms with Gasteiger partial charge in [0.1, 0.15) is 5.69 Å². The zero-order valence-corrected chi connectivity index (χ0v) is 22.8. The molecular formula is C27H39N5O5S. The van der Waals surface area contributed by atoms with Crippen LogP contribution in [0.25, 0.3) is 0 Å². The normalized spacial score (nSPS) is 22.0. The van der Waals surface area contributed by atoms with Gasteiger partial charge in [-0.15, -0.1) is 0 Å². The molecule has 10 nitrogen and oxygen atoms in total. The molecular weight excluding hydrogens is 506 g/mol. The summed E-state index contributed by atoms with van der Waals surface area (Å²) in [5.74, 6) is 0.493. The highest BCUT2D eigenvalue weighted by atomic mass is 32.2. The molecule has 1 aromatic heterocycles. The van der Waals surface area contributed by atoms with E-state index in [-0.39, 0.29) is 17.0 Å². The number of fused-ring (bicyclic) bond motifs is 1. The Morgan fingerprint density at radius 2 is 1.55 bits per heavy atom. The summed E-state index contributed by atoms with van der Waals surface area (Å²) in [6, 6.07) is 12.1. The molecule has 1 aromatic carbocycles. The number of hydrogen-bond acceptors (Lipinski definition) is 5. The van der Waals surface area contributed by atoms with Crippen LogP contribution >= 0.6 is 0 Å². The van der Waals surface area contributed by atoms with Crippen LogP contribution in [-0.4, -0.2) is 72.6 Å². The van der Waals surface area contributed by atoms with Crippen molar-refractivity contribution in [1.82, 2.24) is 19.7 Å². The number of carboxylic acid groups (broad SMARTS) is 1. The predicted octanol–water partition coefficient (Wildman–Crippen LogP) is 3.03. The molecule has 5 rings (SSSR count). The summed E-state index contributed by atoms with van der Waals surface area (Å²) in [6.45, 7) is 3.68. The summed E-state index contributed by atoms with van der Waals surface area (Å²) in [5, 5.41) is 16.9. The Morgan fingerprint density at radius 3 is 2.05 bits per heavy atom. The molecule has 0 radical (unpaired) electrons. The van der Waals surface area contributed by atoms with Crippen molar-refractivity contribution >= 4 is 22.0 Å². The van der Waals surface area contributed by atoms with Crippen molar-refractivity contribution in [2.45, 2.75) is 49.6 Å². The number of nitrogens with zero attached hydrogens (tertiary/aromatic N) is 3. The Kier molecular flexibility index (Phi) is 9.11. The van der Waals surface area contributed by atoms with Crippen LogP contribution in [0.4, 0.5) is 4.79 Å². The van der Waals surface area contributed by atoms with Crippen LogP contribution in [0.5, 0.6) is 0 Å². The second-order valence-corrected chi connectivity index (χ2v) is 12.1. The van der Waals surface area contributed by atoms with Gasteiger partial charge in [-0.05, 0) is 36.0 Å². The molecule has 2 saturated heterocycles. The molecule has 3 atom stereocenters. The van der Waals surface area contributed by atoms with Crippen LogP contribution in [-0.2, 0) is 17.1 Å². The van der Waals surface area contributed by atoms with Crippen molar-refractivity contribution in [1.29, 1.82) is 0 Å². The first-order valence-electron chi connectivity index (χ1n) is 13.4. The van der Waals surface area contributed by atoms with Gasteiger partial charge in [-0.25, -0.2) is 18.4 Å². The van der Waals surface area contributed by atoms with Crippen LogP contribution in [0.3, 0.4) is 0 Å². The van der Waals surface area contributed by atoms with Crippen LogP contribution < -0.4 is 10.5 Å². The van der Waals surface area contributed by atoms with Crippen molar-refractivity contribution in [3.8, 4) is 0 Å². The third kappa shape index (κ3) is 6.95. The third-order valence-electron chi connectivity index (χ3n) is 7.92. The number of nitrogens with two attached hydrogens (primary N) is 1. The second kappa shape index (κ2) is 12.3. The van der Waals surface area contributed by atoms with Gasteiger partial charge in [-0.1, -0.05) is 62.4 Å². The lowest BCUT2D eigenvalue weighted by Crippen LogP contribution is -2.35. The summed E-state index contributed by atoms with van der Waals surface area (Å²) >= 11 is 0. The average molecular weight is 546 g/mol. The van der Waals surface area contributed by atoms with Gasteiger partial charge >= 0.3 is 6.09 Å². The van der Waals surface area contributed by atoms with Crippen LogP contribution in [0.15, 0.2) is 47.5 Å². The van der Waals surface area contributed by atoms with E-state index in [0.717, 1.165) is 25.2 Å². The van der Waals surface area contributed by atoms with Gasteiger partial charge in [0.05, 0.1) is 6.04 Å². The van der Waals surface area contributed by atoms with Crippen LogP contribution in [0.2, 0.25) is 0 Å². The quantitative estimate of drug-likeness (QED) is 0.489. The predicted molar refractivity (Wildman–Crippen MR) is 144 cm³/mol. The van der Waals surface area contributed by atoms with E-state index in [4.69, 9.17) is 5.14 Å². The van der Waals surface area contributed by atoms with E-state index in [1.807, 2.05) is 30.3 Å². The number of sulfonamides is 1. The van der Waals surface area contributed by atoms with E-state index in [2.05, 4.69) is 10.2 Å². The standard InChI is InChI=1S/C22H29N5O5S.C5H10/c1-25-19(7-8-20(25)33(23,31)32)21(28)27-13-16-11-26(12-17(16)14-27)10-9-18(24-22(29)30)15-5-3-2-4-6-15;1-2-4-5-3-1/h2-8,16-18,24H,9-14H2,1H3,(H,29,30)(H2,23,31,32);1-5H2/t16-,17?,18?;/m0./s1. The fourth-order valence-electron chi connectivity index (χ4n) is 5.95. The smallest absolute Gasteiger partial charge is 0.405 e. The number of carbonyl (C=O) groups is 2. The van der Waals surface area contributed by atoms with Crippen LogP contribution in [0, 0.1) is 11.8 Å². The molecule has 3 aliphatic rings. The number of primary sulfonamides is 1. The van der Waals surface area contributed by atoms with E-state index < -0.39 is 16.1 Å². The molecule has 2 aromatic rings. The maximum atomic E-state index is 13.0. The lowest BCUT2D eigenvalue weighted by molar-refractivity contribution is 0.0763. The van der Waals surface area contributed by atoms with Gasteiger partial charge in [-0.2, -0.15) is 0 Å². The average Bonchev–Trinajstić information content (AvgIpc) is 3.66. The topological polar surface area (TPSA) is 138 Å². The molecule has 11 heteroatoms. The molecule has 3 heterocycles. The minimum absolute atomic E-state index is 0.0839. The summed E-state index contributed by atoms with van der Waals surface area (Å²) in [4.78, 5) is 28.3. The van der Waals surface area contributed by atoms with Crippen molar-refractivity contribution in [3.05, 3.63) is 53.7 Å². The molecule has 2 unspecified atom stereocenters. The number of hydrogen-bond donors (Lipinski definition) is 3. The first-order chi connectivity index (χ1) is 18.1. The molecule has 1 saturated carbocycles. The number of amides is 2. The number of rotatable bonds is 7. The molecule has 38 heavy (non-hydrogen) atoms. The Balaban J connectivity index is 0.000000603. The van der Waals surface area contributed by atoms with E-state index in [0.29, 0.717) is 37.0 Å². The second-order valence-electron chi connectivity index (χ2n) is 10.6. The summed E-state index contributed by atoms with van der Waals surface area (Å²) in [5.41, 5.74) is 1.25. The first kappa shape index (κ1) is 28.1. The number of nitrogens with one attached hydrogen (secondary N) is 1. The highest BCUT2D eigenvalue weighted by molar-refractivity contribution is 7.89.